The first-order valence-electron chi connectivity index (χ1n) is 8.28. The van der Waals surface area contributed by atoms with Crippen LogP contribution in [0.5, 0.6) is 5.75 Å². The number of para-hydroxylation sites is 2. The number of ether oxygens (including phenoxy) is 1. The Labute approximate surface area is 172 Å². The van der Waals surface area contributed by atoms with Crippen LogP contribution in [0.4, 0.5) is 11.4 Å². The molecule has 3 aromatic rings. The van der Waals surface area contributed by atoms with Crippen molar-refractivity contribution in [2.45, 2.75) is 0 Å². The maximum absolute atomic E-state index is 12.4. The summed E-state index contributed by atoms with van der Waals surface area (Å²) in [4.78, 5) is 24.8. The highest BCUT2D eigenvalue weighted by Gasteiger charge is 2.11. The Balaban J connectivity index is 1.69. The van der Waals surface area contributed by atoms with Crippen LogP contribution in [0.3, 0.4) is 0 Å². The van der Waals surface area contributed by atoms with Crippen molar-refractivity contribution in [2.24, 2.45) is 0 Å². The first-order chi connectivity index (χ1) is 13.5. The van der Waals surface area contributed by atoms with Gasteiger partial charge < -0.3 is 15.4 Å². The van der Waals surface area contributed by atoms with Crippen LogP contribution in [-0.4, -0.2) is 18.9 Å². The number of methoxy groups -OCH3 is 1. The van der Waals surface area contributed by atoms with Gasteiger partial charge in [0.2, 0.25) is 0 Å². The largest absolute Gasteiger partial charge is 0.495 e. The summed E-state index contributed by atoms with van der Waals surface area (Å²) in [5.41, 5.74) is 1.89. The minimum Gasteiger partial charge on any atom is -0.495 e. The molecule has 3 rings (SSSR count). The highest BCUT2D eigenvalue weighted by molar-refractivity contribution is 6.35. The fourth-order valence-corrected chi connectivity index (χ4v) is 3.06. The van der Waals surface area contributed by atoms with Crippen molar-refractivity contribution < 1.29 is 14.3 Å². The smallest absolute Gasteiger partial charge is 0.255 e. The molecule has 0 saturated carbocycles. The van der Waals surface area contributed by atoms with Crippen LogP contribution in [0.25, 0.3) is 0 Å². The van der Waals surface area contributed by atoms with Crippen LogP contribution in [0.2, 0.25) is 10.0 Å². The molecule has 0 aliphatic carbocycles. The van der Waals surface area contributed by atoms with Crippen LogP contribution >= 0.6 is 23.2 Å². The van der Waals surface area contributed by atoms with Crippen molar-refractivity contribution in [2.75, 3.05) is 17.7 Å². The van der Waals surface area contributed by atoms with Crippen molar-refractivity contribution >= 4 is 46.4 Å². The summed E-state index contributed by atoms with van der Waals surface area (Å²) < 4.78 is 5.22. The van der Waals surface area contributed by atoms with Crippen molar-refractivity contribution in [3.63, 3.8) is 0 Å². The third-order valence-corrected chi connectivity index (χ3v) is 4.32. The SMILES string of the molecule is COc1ccccc1NC(=O)c1ccc(NC(=O)c2cc(Cl)cc(Cl)c2)cc1. The Kier molecular flexibility index (Phi) is 6.19. The second-order valence-electron chi connectivity index (χ2n) is 5.84. The zero-order valence-corrected chi connectivity index (χ0v) is 16.3. The number of rotatable bonds is 5. The molecule has 0 bridgehead atoms. The first kappa shape index (κ1) is 19.7. The van der Waals surface area contributed by atoms with E-state index < -0.39 is 0 Å². The van der Waals surface area contributed by atoms with Gasteiger partial charge in [0.25, 0.3) is 11.8 Å². The topological polar surface area (TPSA) is 67.4 Å². The molecule has 0 heterocycles. The number of hydrogen-bond donors (Lipinski definition) is 2. The zero-order valence-electron chi connectivity index (χ0n) is 14.8. The molecule has 0 aliphatic heterocycles. The van der Waals surface area contributed by atoms with Crippen LogP contribution in [0.15, 0.2) is 66.7 Å². The molecule has 0 radical (unpaired) electrons. The van der Waals surface area contributed by atoms with Gasteiger partial charge in [-0.1, -0.05) is 35.3 Å². The van der Waals surface area contributed by atoms with Crippen LogP contribution in [-0.2, 0) is 0 Å². The van der Waals surface area contributed by atoms with Crippen molar-refractivity contribution in [1.29, 1.82) is 0 Å². The van der Waals surface area contributed by atoms with Gasteiger partial charge >= 0.3 is 0 Å². The Morgan fingerprint density at radius 3 is 2.04 bits per heavy atom. The molecule has 0 saturated heterocycles. The van der Waals surface area contributed by atoms with Gasteiger partial charge in [0, 0.05) is 26.9 Å². The van der Waals surface area contributed by atoms with E-state index in [0.717, 1.165) is 0 Å². The highest BCUT2D eigenvalue weighted by atomic mass is 35.5. The van der Waals surface area contributed by atoms with Crippen molar-refractivity contribution in [1.82, 2.24) is 0 Å². The van der Waals surface area contributed by atoms with E-state index in [1.165, 1.54) is 19.2 Å². The lowest BCUT2D eigenvalue weighted by Gasteiger charge is -2.10. The fourth-order valence-electron chi connectivity index (χ4n) is 2.54. The minimum atomic E-state index is -0.351. The molecule has 0 fully saturated rings. The van der Waals surface area contributed by atoms with E-state index >= 15 is 0 Å². The number of nitrogens with one attached hydrogen (secondary N) is 2. The Bertz CT molecular complexity index is 1000. The molecule has 3 aromatic carbocycles. The second kappa shape index (κ2) is 8.78. The lowest BCUT2D eigenvalue weighted by molar-refractivity contribution is 0.101. The average Bonchev–Trinajstić information content (AvgIpc) is 2.68. The van der Waals surface area contributed by atoms with E-state index in [2.05, 4.69) is 10.6 Å². The molecule has 0 unspecified atom stereocenters. The summed E-state index contributed by atoms with van der Waals surface area (Å²) in [6.45, 7) is 0. The monoisotopic (exact) mass is 414 g/mol. The summed E-state index contributed by atoms with van der Waals surface area (Å²) in [5.74, 6) is -0.0699. The predicted molar refractivity (Wildman–Crippen MR) is 112 cm³/mol. The molecular formula is C21H16Cl2N2O3. The Hall–Kier alpha value is -3.02. The van der Waals surface area contributed by atoms with E-state index in [4.69, 9.17) is 27.9 Å². The number of amides is 2. The third kappa shape index (κ3) is 4.82. The molecule has 0 aromatic heterocycles. The number of anilines is 2. The summed E-state index contributed by atoms with van der Waals surface area (Å²) in [7, 11) is 1.54. The number of hydrogen-bond acceptors (Lipinski definition) is 3. The van der Waals surface area contributed by atoms with Crippen molar-refractivity contribution in [3.05, 3.63) is 87.9 Å². The Morgan fingerprint density at radius 2 is 1.39 bits per heavy atom. The molecular weight excluding hydrogens is 399 g/mol. The quantitative estimate of drug-likeness (QED) is 0.578. The number of carbonyl (C=O) groups excluding carboxylic acids is 2. The van der Waals surface area contributed by atoms with Gasteiger partial charge in [-0.25, -0.2) is 0 Å². The summed E-state index contributed by atoms with van der Waals surface area (Å²) in [6.07, 6.45) is 0. The van der Waals surface area contributed by atoms with E-state index in [9.17, 15) is 9.59 Å². The van der Waals surface area contributed by atoms with Gasteiger partial charge in [0.15, 0.2) is 0 Å². The summed E-state index contributed by atoms with van der Waals surface area (Å²) in [5, 5.41) is 6.29. The van der Waals surface area contributed by atoms with E-state index in [1.54, 1.807) is 48.5 Å². The predicted octanol–water partition coefficient (Wildman–Crippen LogP) is 5.51. The fraction of sp³-hybridized carbons (Fsp3) is 0.0476. The molecule has 28 heavy (non-hydrogen) atoms. The lowest BCUT2D eigenvalue weighted by Crippen LogP contribution is -2.14. The normalized spacial score (nSPS) is 10.2. The number of halogens is 2. The van der Waals surface area contributed by atoms with Crippen LogP contribution in [0.1, 0.15) is 20.7 Å². The van der Waals surface area contributed by atoms with Gasteiger partial charge in [-0.15, -0.1) is 0 Å². The third-order valence-electron chi connectivity index (χ3n) is 3.88. The summed E-state index contributed by atoms with van der Waals surface area (Å²) in [6, 6.07) is 18.2. The Morgan fingerprint density at radius 1 is 0.786 bits per heavy atom. The van der Waals surface area contributed by atoms with Crippen LogP contribution < -0.4 is 15.4 Å². The molecule has 5 nitrogen and oxygen atoms in total. The second-order valence-corrected chi connectivity index (χ2v) is 6.72. The maximum atomic E-state index is 12.4. The molecule has 7 heteroatoms. The molecule has 0 aliphatic rings. The van der Waals surface area contributed by atoms with Gasteiger partial charge in [-0.2, -0.15) is 0 Å². The molecule has 142 valence electrons. The van der Waals surface area contributed by atoms with Crippen LogP contribution in [0, 0.1) is 0 Å². The van der Waals surface area contributed by atoms with E-state index in [0.29, 0.717) is 38.3 Å². The standard InChI is InChI=1S/C21H16Cl2N2O3/c1-28-19-5-3-2-4-18(19)25-20(26)13-6-8-17(9-7-13)24-21(27)14-10-15(22)12-16(23)11-14/h2-12H,1H3,(H,24,27)(H,25,26). The summed E-state index contributed by atoms with van der Waals surface area (Å²) >= 11 is 11.8. The zero-order chi connectivity index (χ0) is 20.1. The number of benzene rings is 3. The van der Waals surface area contributed by atoms with Crippen molar-refractivity contribution in [3.8, 4) is 5.75 Å². The average molecular weight is 415 g/mol. The molecule has 0 spiro atoms. The highest BCUT2D eigenvalue weighted by Crippen LogP contribution is 2.24. The van der Waals surface area contributed by atoms with Gasteiger partial charge in [-0.05, 0) is 54.6 Å². The first-order valence-corrected chi connectivity index (χ1v) is 9.04. The van der Waals surface area contributed by atoms with Gasteiger partial charge in [0.05, 0.1) is 12.8 Å². The molecule has 0 atom stereocenters. The molecule has 2 amide bonds. The van der Waals surface area contributed by atoms with E-state index in [1.807, 2.05) is 6.07 Å². The molecule has 2 N–H and O–H groups in total. The van der Waals surface area contributed by atoms with Gasteiger partial charge in [0.1, 0.15) is 5.75 Å². The minimum absolute atomic E-state index is 0.288. The van der Waals surface area contributed by atoms with E-state index in [-0.39, 0.29) is 11.8 Å². The number of carbonyl (C=O) groups is 2. The van der Waals surface area contributed by atoms with Gasteiger partial charge in [-0.3, -0.25) is 9.59 Å². The maximum Gasteiger partial charge on any atom is 0.255 e. The lowest BCUT2D eigenvalue weighted by atomic mass is 10.1.